The third-order valence-corrected chi connectivity index (χ3v) is 5.25. The number of nitrogens with zero attached hydrogens (tertiary/aromatic N) is 3. The second kappa shape index (κ2) is 8.14. The van der Waals surface area contributed by atoms with Crippen LogP contribution in [0, 0.1) is 0 Å². The Kier molecular flexibility index (Phi) is 5.92. The zero-order valence-electron chi connectivity index (χ0n) is 13.3. The van der Waals surface area contributed by atoms with Crippen LogP contribution < -0.4 is 10.2 Å². The molecule has 0 radical (unpaired) electrons. The van der Waals surface area contributed by atoms with E-state index in [1.165, 1.54) is 0 Å². The van der Waals surface area contributed by atoms with Crippen LogP contribution in [0.5, 0.6) is 0 Å². The van der Waals surface area contributed by atoms with E-state index in [0.717, 1.165) is 59.0 Å². The molecule has 1 aliphatic rings. The van der Waals surface area contributed by atoms with E-state index in [2.05, 4.69) is 36.1 Å². The summed E-state index contributed by atoms with van der Waals surface area (Å²) >= 11 is 9.59. The summed E-state index contributed by atoms with van der Waals surface area (Å²) in [6.45, 7) is 1.84. The van der Waals surface area contributed by atoms with Crippen molar-refractivity contribution in [3.63, 3.8) is 0 Å². The van der Waals surface area contributed by atoms with Crippen molar-refractivity contribution in [1.82, 2.24) is 9.97 Å². The molecule has 2 N–H and O–H groups in total. The predicted molar refractivity (Wildman–Crippen MR) is 101 cm³/mol. The Hall–Kier alpha value is -1.37. The average molecular weight is 412 g/mol. The number of hydrogen-bond acceptors (Lipinski definition) is 5. The van der Waals surface area contributed by atoms with Gasteiger partial charge in [-0.1, -0.05) is 27.5 Å². The van der Waals surface area contributed by atoms with Gasteiger partial charge in [0.05, 0.1) is 12.6 Å². The summed E-state index contributed by atoms with van der Waals surface area (Å²) < 4.78 is 1.06. The minimum absolute atomic E-state index is 0.162. The fourth-order valence-corrected chi connectivity index (χ4v) is 3.63. The summed E-state index contributed by atoms with van der Waals surface area (Å²) in [5, 5.41) is 13.5. The van der Waals surface area contributed by atoms with Crippen LogP contribution in [0.3, 0.4) is 0 Å². The van der Waals surface area contributed by atoms with Crippen molar-refractivity contribution >= 4 is 39.2 Å². The fraction of sp³-hybridized carbons (Fsp3) is 0.412. The first-order chi connectivity index (χ1) is 11.7. The van der Waals surface area contributed by atoms with E-state index in [9.17, 15) is 5.11 Å². The van der Waals surface area contributed by atoms with Crippen molar-refractivity contribution in [2.45, 2.75) is 25.3 Å². The summed E-state index contributed by atoms with van der Waals surface area (Å²) in [5.41, 5.74) is 1.16. The van der Waals surface area contributed by atoms with Crippen LogP contribution >= 0.6 is 27.5 Å². The van der Waals surface area contributed by atoms with E-state index < -0.39 is 0 Å². The highest BCUT2D eigenvalue weighted by Crippen LogP contribution is 2.25. The van der Waals surface area contributed by atoms with Crippen molar-refractivity contribution in [1.29, 1.82) is 0 Å². The molecule has 1 aliphatic heterocycles. The van der Waals surface area contributed by atoms with Crippen LogP contribution in [0.25, 0.3) is 0 Å². The number of aliphatic hydroxyl groups excluding tert-OH is 1. The van der Waals surface area contributed by atoms with Gasteiger partial charge in [0.15, 0.2) is 0 Å². The maximum atomic E-state index is 9.47. The predicted octanol–water partition coefficient (Wildman–Crippen LogP) is 3.51. The van der Waals surface area contributed by atoms with E-state index in [1.807, 2.05) is 24.3 Å². The first-order valence-corrected chi connectivity index (χ1v) is 9.22. The summed E-state index contributed by atoms with van der Waals surface area (Å²) in [5.74, 6) is 1.66. The molecular weight excluding hydrogens is 392 g/mol. The lowest BCUT2D eigenvalue weighted by Crippen LogP contribution is -2.32. The zero-order chi connectivity index (χ0) is 16.9. The van der Waals surface area contributed by atoms with Gasteiger partial charge in [-0.2, -0.15) is 0 Å². The molecule has 1 saturated heterocycles. The molecule has 0 bridgehead atoms. The van der Waals surface area contributed by atoms with Crippen molar-refractivity contribution < 1.29 is 5.11 Å². The molecule has 1 aromatic carbocycles. The van der Waals surface area contributed by atoms with E-state index in [1.54, 1.807) is 6.33 Å². The number of anilines is 2. The highest BCUT2D eigenvalue weighted by molar-refractivity contribution is 9.10. The van der Waals surface area contributed by atoms with Gasteiger partial charge in [0, 0.05) is 28.7 Å². The van der Waals surface area contributed by atoms with Gasteiger partial charge >= 0.3 is 0 Å². The lowest BCUT2D eigenvalue weighted by Gasteiger charge is -2.24. The Morgan fingerprint density at radius 2 is 2.21 bits per heavy atom. The normalized spacial score (nSPS) is 17.3. The van der Waals surface area contributed by atoms with Gasteiger partial charge in [-0.05, 0) is 43.0 Å². The summed E-state index contributed by atoms with van der Waals surface area (Å²) in [6, 6.07) is 7.90. The monoisotopic (exact) mass is 410 g/mol. The Morgan fingerprint density at radius 1 is 1.33 bits per heavy atom. The number of hydrogen-bond donors (Lipinski definition) is 2. The zero-order valence-corrected chi connectivity index (χ0v) is 15.6. The lowest BCUT2D eigenvalue weighted by atomic mass is 10.1. The van der Waals surface area contributed by atoms with Crippen molar-refractivity contribution in [3.8, 4) is 0 Å². The molecule has 1 unspecified atom stereocenters. The molecule has 5 nitrogen and oxygen atoms in total. The van der Waals surface area contributed by atoms with Crippen LogP contribution in [0.1, 0.15) is 18.4 Å². The molecule has 0 spiro atoms. The third-order valence-electron chi connectivity index (χ3n) is 4.24. The van der Waals surface area contributed by atoms with Crippen molar-refractivity contribution in [2.75, 3.05) is 29.9 Å². The van der Waals surface area contributed by atoms with E-state index in [0.29, 0.717) is 0 Å². The van der Waals surface area contributed by atoms with Crippen LogP contribution in [0.4, 0.5) is 11.6 Å². The van der Waals surface area contributed by atoms with E-state index >= 15 is 0 Å². The van der Waals surface area contributed by atoms with Gasteiger partial charge in [-0.3, -0.25) is 0 Å². The van der Waals surface area contributed by atoms with Crippen molar-refractivity contribution in [2.24, 2.45) is 0 Å². The SMILES string of the molecule is OCC1CCCN1c1cc(NCCc2cc(Cl)ccc2Br)ncn1. The fourth-order valence-electron chi connectivity index (χ4n) is 2.99. The van der Waals surface area contributed by atoms with Gasteiger partial charge in [0.1, 0.15) is 18.0 Å². The minimum Gasteiger partial charge on any atom is -0.394 e. The molecule has 24 heavy (non-hydrogen) atoms. The number of aromatic nitrogens is 2. The molecule has 7 heteroatoms. The molecule has 1 aromatic heterocycles. The number of halogens is 2. The molecule has 0 aliphatic carbocycles. The largest absolute Gasteiger partial charge is 0.394 e. The highest BCUT2D eigenvalue weighted by Gasteiger charge is 2.25. The summed E-state index contributed by atoms with van der Waals surface area (Å²) in [4.78, 5) is 10.8. The molecule has 0 amide bonds. The van der Waals surface area contributed by atoms with Crippen LogP contribution in [-0.2, 0) is 6.42 Å². The maximum absolute atomic E-state index is 9.47. The van der Waals surface area contributed by atoms with Gasteiger partial charge in [0.2, 0.25) is 0 Å². The second-order valence-corrected chi connectivity index (χ2v) is 7.14. The molecule has 1 atom stereocenters. The molecule has 2 aromatic rings. The molecule has 128 valence electrons. The Balaban J connectivity index is 1.62. The lowest BCUT2D eigenvalue weighted by molar-refractivity contribution is 0.266. The highest BCUT2D eigenvalue weighted by atomic mass is 79.9. The van der Waals surface area contributed by atoms with E-state index in [4.69, 9.17) is 11.6 Å². The van der Waals surface area contributed by atoms with Crippen LogP contribution in [0.15, 0.2) is 35.1 Å². The summed E-state index contributed by atoms with van der Waals surface area (Å²) in [7, 11) is 0. The molecule has 2 heterocycles. The topological polar surface area (TPSA) is 61.3 Å². The van der Waals surface area contributed by atoms with Crippen LogP contribution in [-0.4, -0.2) is 40.8 Å². The van der Waals surface area contributed by atoms with E-state index in [-0.39, 0.29) is 12.6 Å². The molecule has 3 rings (SSSR count). The maximum Gasteiger partial charge on any atom is 0.134 e. The van der Waals surface area contributed by atoms with Gasteiger partial charge in [-0.25, -0.2) is 9.97 Å². The molecule has 1 fully saturated rings. The Morgan fingerprint density at radius 3 is 3.04 bits per heavy atom. The molecule has 0 saturated carbocycles. The second-order valence-electron chi connectivity index (χ2n) is 5.85. The van der Waals surface area contributed by atoms with Gasteiger partial charge in [-0.15, -0.1) is 0 Å². The minimum atomic E-state index is 0.162. The first kappa shape index (κ1) is 17.5. The first-order valence-electron chi connectivity index (χ1n) is 8.04. The number of aliphatic hydroxyl groups is 1. The Bertz CT molecular complexity index is 700. The number of nitrogens with one attached hydrogen (secondary N) is 1. The van der Waals surface area contributed by atoms with Crippen molar-refractivity contribution in [3.05, 3.63) is 45.7 Å². The number of benzene rings is 1. The third kappa shape index (κ3) is 4.18. The van der Waals surface area contributed by atoms with Gasteiger partial charge < -0.3 is 15.3 Å². The van der Waals surface area contributed by atoms with Gasteiger partial charge in [0.25, 0.3) is 0 Å². The molecular formula is C17H20BrClN4O. The summed E-state index contributed by atoms with van der Waals surface area (Å²) in [6.07, 6.45) is 4.50. The van der Waals surface area contributed by atoms with Crippen LogP contribution in [0.2, 0.25) is 5.02 Å². The quantitative estimate of drug-likeness (QED) is 0.762. The standard InChI is InChI=1S/C17H20BrClN4O/c18-15-4-3-13(19)8-12(15)5-6-20-16-9-17(22-11-21-16)23-7-1-2-14(23)10-24/h3-4,8-9,11,14,24H,1-2,5-7,10H2,(H,20,21,22). The Labute approximate surface area is 155 Å². The number of rotatable bonds is 6. The average Bonchev–Trinajstić information content (AvgIpc) is 3.07. The smallest absolute Gasteiger partial charge is 0.134 e.